The summed E-state index contributed by atoms with van der Waals surface area (Å²) in [5, 5.41) is 7.37. The van der Waals surface area contributed by atoms with E-state index < -0.39 is 0 Å². The van der Waals surface area contributed by atoms with Crippen molar-refractivity contribution in [3.63, 3.8) is 0 Å². The number of nitrogens with zero attached hydrogens (tertiary/aromatic N) is 3. The molecule has 0 aromatic carbocycles. The van der Waals surface area contributed by atoms with Gasteiger partial charge in [0.05, 0.1) is 12.1 Å². The van der Waals surface area contributed by atoms with Crippen molar-refractivity contribution in [1.29, 1.82) is 0 Å². The predicted octanol–water partition coefficient (Wildman–Crippen LogP) is 1.35. The second-order valence-corrected chi connectivity index (χ2v) is 4.87. The fraction of sp³-hybridized carbons (Fsp3) is 0.538. The summed E-state index contributed by atoms with van der Waals surface area (Å²) in [4.78, 5) is 6.77. The van der Waals surface area contributed by atoms with Gasteiger partial charge in [-0.05, 0) is 19.9 Å². The molecule has 0 amide bonds. The third kappa shape index (κ3) is 2.69. The van der Waals surface area contributed by atoms with Crippen LogP contribution in [0, 0.1) is 13.8 Å². The molecule has 2 aromatic rings. The van der Waals surface area contributed by atoms with Crippen LogP contribution in [-0.4, -0.2) is 41.2 Å². The summed E-state index contributed by atoms with van der Waals surface area (Å²) >= 11 is 0. The molecule has 1 fully saturated rings. The third-order valence-electron chi connectivity index (χ3n) is 3.31. The van der Waals surface area contributed by atoms with Gasteiger partial charge in [0, 0.05) is 26.2 Å². The van der Waals surface area contributed by atoms with Gasteiger partial charge >= 0.3 is 0 Å². The van der Waals surface area contributed by atoms with E-state index in [0.717, 1.165) is 55.6 Å². The maximum absolute atomic E-state index is 5.48. The van der Waals surface area contributed by atoms with E-state index in [1.165, 1.54) is 0 Å². The largest absolute Gasteiger partial charge is 0.466 e. The molecule has 1 saturated heterocycles. The lowest BCUT2D eigenvalue weighted by Gasteiger charge is -2.25. The number of aryl methyl sites for hydroxylation is 2. The number of hydrogen-bond donors (Lipinski definition) is 1. The van der Waals surface area contributed by atoms with Crippen LogP contribution in [0.3, 0.4) is 0 Å². The van der Waals surface area contributed by atoms with Gasteiger partial charge in [-0.3, -0.25) is 4.90 Å². The van der Waals surface area contributed by atoms with Crippen LogP contribution in [0.4, 0.5) is 0 Å². The normalized spacial score (nSPS) is 16.9. The predicted molar refractivity (Wildman–Crippen MR) is 69.6 cm³/mol. The van der Waals surface area contributed by atoms with Crippen LogP contribution in [-0.2, 0) is 6.54 Å². The lowest BCUT2D eigenvalue weighted by atomic mass is 10.2. The first-order chi connectivity index (χ1) is 9.22. The maximum Gasteiger partial charge on any atom is 0.261 e. The minimum Gasteiger partial charge on any atom is -0.466 e. The van der Waals surface area contributed by atoms with E-state index in [0.29, 0.717) is 5.89 Å². The minimum atomic E-state index is 0.541. The van der Waals surface area contributed by atoms with E-state index in [9.17, 15) is 0 Å². The van der Waals surface area contributed by atoms with Crippen LogP contribution in [0.25, 0.3) is 11.5 Å². The molecule has 0 atom stereocenters. The Bertz CT molecular complexity index is 555. The first-order valence-electron chi connectivity index (χ1n) is 6.55. The van der Waals surface area contributed by atoms with Gasteiger partial charge in [-0.1, -0.05) is 5.16 Å². The summed E-state index contributed by atoms with van der Waals surface area (Å²) in [5.41, 5.74) is 0.886. The van der Waals surface area contributed by atoms with Gasteiger partial charge in [0.2, 0.25) is 0 Å². The van der Waals surface area contributed by atoms with Crippen molar-refractivity contribution < 1.29 is 8.94 Å². The Kier molecular flexibility index (Phi) is 3.35. The van der Waals surface area contributed by atoms with Gasteiger partial charge in [-0.2, -0.15) is 4.98 Å². The molecule has 6 heteroatoms. The highest BCUT2D eigenvalue weighted by molar-refractivity contribution is 5.55. The molecule has 3 heterocycles. The summed E-state index contributed by atoms with van der Waals surface area (Å²) < 4.78 is 10.8. The van der Waals surface area contributed by atoms with Crippen LogP contribution in [0.5, 0.6) is 0 Å². The van der Waals surface area contributed by atoms with Crippen molar-refractivity contribution in [3.05, 3.63) is 23.4 Å². The Balaban J connectivity index is 1.74. The summed E-state index contributed by atoms with van der Waals surface area (Å²) in [6.07, 6.45) is 0. The molecule has 2 aromatic heterocycles. The molecule has 0 spiro atoms. The zero-order valence-electron chi connectivity index (χ0n) is 11.3. The highest BCUT2D eigenvalue weighted by atomic mass is 16.5. The standard InChI is InChI=1S/C13H18N4O2/c1-9-7-11(10(2)18-9)13-15-12(16-19-13)8-17-5-3-14-4-6-17/h7,14H,3-6,8H2,1-2H3. The van der Waals surface area contributed by atoms with Gasteiger partial charge in [0.1, 0.15) is 11.5 Å². The van der Waals surface area contributed by atoms with Gasteiger partial charge in [0.25, 0.3) is 5.89 Å². The fourth-order valence-corrected chi connectivity index (χ4v) is 2.34. The first kappa shape index (κ1) is 12.4. The Morgan fingerprint density at radius 1 is 1.32 bits per heavy atom. The molecule has 0 saturated carbocycles. The quantitative estimate of drug-likeness (QED) is 0.900. The zero-order chi connectivity index (χ0) is 13.2. The summed E-state index contributed by atoms with van der Waals surface area (Å²) in [6.45, 7) is 8.63. The average Bonchev–Trinajstić information content (AvgIpc) is 2.97. The summed E-state index contributed by atoms with van der Waals surface area (Å²) in [5.74, 6) is 2.94. The van der Waals surface area contributed by atoms with Gasteiger partial charge in [0.15, 0.2) is 5.82 Å². The van der Waals surface area contributed by atoms with Crippen LogP contribution < -0.4 is 5.32 Å². The van der Waals surface area contributed by atoms with Gasteiger partial charge in [-0.15, -0.1) is 0 Å². The monoisotopic (exact) mass is 262 g/mol. The molecule has 1 aliphatic rings. The maximum atomic E-state index is 5.48. The van der Waals surface area contributed by atoms with Crippen LogP contribution in [0.15, 0.2) is 15.0 Å². The zero-order valence-corrected chi connectivity index (χ0v) is 11.3. The van der Waals surface area contributed by atoms with Gasteiger partial charge in [-0.25, -0.2) is 0 Å². The summed E-state index contributed by atoms with van der Waals surface area (Å²) in [7, 11) is 0. The molecule has 6 nitrogen and oxygen atoms in total. The second kappa shape index (κ2) is 5.14. The molecule has 102 valence electrons. The van der Waals surface area contributed by atoms with Crippen molar-refractivity contribution in [2.24, 2.45) is 0 Å². The number of nitrogens with one attached hydrogen (secondary N) is 1. The van der Waals surface area contributed by atoms with Crippen molar-refractivity contribution in [2.45, 2.75) is 20.4 Å². The molecular formula is C13H18N4O2. The Labute approximate surface area is 111 Å². The van der Waals surface area contributed by atoms with Crippen LogP contribution >= 0.6 is 0 Å². The molecule has 0 aliphatic carbocycles. The molecular weight excluding hydrogens is 244 g/mol. The van der Waals surface area contributed by atoms with Gasteiger partial charge < -0.3 is 14.3 Å². The van der Waals surface area contributed by atoms with Crippen molar-refractivity contribution in [1.82, 2.24) is 20.4 Å². The van der Waals surface area contributed by atoms with Crippen LogP contribution in [0.1, 0.15) is 17.3 Å². The molecule has 1 aliphatic heterocycles. The third-order valence-corrected chi connectivity index (χ3v) is 3.31. The van der Waals surface area contributed by atoms with Crippen molar-refractivity contribution >= 4 is 0 Å². The Hall–Kier alpha value is -1.66. The summed E-state index contributed by atoms with van der Waals surface area (Å²) in [6, 6.07) is 1.93. The molecule has 3 rings (SSSR count). The van der Waals surface area contributed by atoms with E-state index >= 15 is 0 Å². The topological polar surface area (TPSA) is 67.3 Å². The van der Waals surface area contributed by atoms with Crippen molar-refractivity contribution in [3.8, 4) is 11.5 Å². The number of hydrogen-bond acceptors (Lipinski definition) is 6. The lowest BCUT2D eigenvalue weighted by Crippen LogP contribution is -2.43. The number of aromatic nitrogens is 2. The minimum absolute atomic E-state index is 0.541. The first-order valence-corrected chi connectivity index (χ1v) is 6.55. The lowest BCUT2D eigenvalue weighted by molar-refractivity contribution is 0.225. The molecule has 0 bridgehead atoms. The van der Waals surface area contributed by atoms with Crippen LogP contribution in [0.2, 0.25) is 0 Å². The average molecular weight is 262 g/mol. The fourth-order valence-electron chi connectivity index (χ4n) is 2.34. The number of piperazine rings is 1. The van der Waals surface area contributed by atoms with E-state index in [-0.39, 0.29) is 0 Å². The molecule has 1 N–H and O–H groups in total. The Morgan fingerprint density at radius 2 is 2.11 bits per heavy atom. The van der Waals surface area contributed by atoms with E-state index in [1.807, 2.05) is 19.9 Å². The Morgan fingerprint density at radius 3 is 2.79 bits per heavy atom. The number of furan rings is 1. The molecule has 0 radical (unpaired) electrons. The molecule has 0 unspecified atom stereocenters. The highest BCUT2D eigenvalue weighted by Gasteiger charge is 2.17. The SMILES string of the molecule is Cc1cc(-c2nc(CN3CCNCC3)no2)c(C)o1. The van der Waals surface area contributed by atoms with E-state index in [2.05, 4.69) is 20.4 Å². The molecule has 19 heavy (non-hydrogen) atoms. The smallest absolute Gasteiger partial charge is 0.261 e. The highest BCUT2D eigenvalue weighted by Crippen LogP contribution is 2.25. The van der Waals surface area contributed by atoms with E-state index in [4.69, 9.17) is 8.94 Å². The number of rotatable bonds is 3. The van der Waals surface area contributed by atoms with Crippen molar-refractivity contribution in [2.75, 3.05) is 26.2 Å². The second-order valence-electron chi connectivity index (χ2n) is 4.87. The van der Waals surface area contributed by atoms with E-state index in [1.54, 1.807) is 0 Å².